The van der Waals surface area contributed by atoms with Gasteiger partial charge in [-0.25, -0.2) is 4.98 Å². The summed E-state index contributed by atoms with van der Waals surface area (Å²) in [6.07, 6.45) is 9.66. The van der Waals surface area contributed by atoms with Gasteiger partial charge < -0.3 is 4.98 Å². The van der Waals surface area contributed by atoms with Gasteiger partial charge in [0.05, 0.1) is 5.69 Å². The molecule has 0 spiro atoms. The molecule has 0 saturated heterocycles. The zero-order chi connectivity index (χ0) is 19.3. The van der Waals surface area contributed by atoms with Gasteiger partial charge in [-0.05, 0) is 32.1 Å². The first-order valence-electron chi connectivity index (χ1n) is 10.8. The molecule has 0 bridgehead atoms. The van der Waals surface area contributed by atoms with Crippen molar-refractivity contribution in [2.45, 2.75) is 130 Å². The molecule has 146 valence electrons. The second-order valence-electron chi connectivity index (χ2n) is 9.19. The number of hydrogen-bond donors (Lipinski definition) is 1. The molecule has 25 heavy (non-hydrogen) atoms. The van der Waals surface area contributed by atoms with Gasteiger partial charge in [-0.3, -0.25) is 0 Å². The Bertz CT molecular complexity index is 481. The minimum atomic E-state index is 0.118. The van der Waals surface area contributed by atoms with Crippen molar-refractivity contribution in [2.75, 3.05) is 0 Å². The highest BCUT2D eigenvalue weighted by Crippen LogP contribution is 2.42. The number of H-pyrrole nitrogens is 1. The molecule has 1 aromatic heterocycles. The average molecular weight is 349 g/mol. The van der Waals surface area contributed by atoms with Crippen LogP contribution < -0.4 is 0 Å². The van der Waals surface area contributed by atoms with Crippen molar-refractivity contribution >= 4 is 0 Å². The third-order valence-electron chi connectivity index (χ3n) is 7.05. The van der Waals surface area contributed by atoms with Crippen LogP contribution in [0.1, 0.15) is 131 Å². The highest BCUT2D eigenvalue weighted by molar-refractivity contribution is 5.32. The molecule has 0 unspecified atom stereocenters. The SMILES string of the molecule is CCCCCC(C)(C)c1nc(C(C)(CC)CC)c(C(C)(CC)CC)[nH]1. The first kappa shape index (κ1) is 22.3. The van der Waals surface area contributed by atoms with Crippen molar-refractivity contribution in [3.05, 3.63) is 17.2 Å². The van der Waals surface area contributed by atoms with Crippen LogP contribution in [0.3, 0.4) is 0 Å². The van der Waals surface area contributed by atoms with Crippen LogP contribution in [0.25, 0.3) is 0 Å². The molecule has 1 rings (SSSR count). The molecule has 0 aromatic carbocycles. The molecule has 0 fully saturated rings. The highest BCUT2D eigenvalue weighted by Gasteiger charge is 2.38. The molecule has 0 aliphatic rings. The van der Waals surface area contributed by atoms with Gasteiger partial charge in [0.25, 0.3) is 0 Å². The molecule has 2 nitrogen and oxygen atoms in total. The fraction of sp³-hybridized carbons (Fsp3) is 0.870. The second-order valence-corrected chi connectivity index (χ2v) is 9.19. The number of unbranched alkanes of at least 4 members (excludes halogenated alkanes) is 2. The van der Waals surface area contributed by atoms with Gasteiger partial charge in [-0.2, -0.15) is 0 Å². The van der Waals surface area contributed by atoms with Crippen LogP contribution in [0.15, 0.2) is 0 Å². The van der Waals surface area contributed by atoms with Crippen molar-refractivity contribution in [3.8, 4) is 0 Å². The summed E-state index contributed by atoms with van der Waals surface area (Å²) in [6, 6.07) is 0. The summed E-state index contributed by atoms with van der Waals surface area (Å²) < 4.78 is 0. The van der Waals surface area contributed by atoms with Gasteiger partial charge in [0, 0.05) is 21.9 Å². The Kier molecular flexibility index (Phi) is 7.77. The van der Waals surface area contributed by atoms with Crippen molar-refractivity contribution in [3.63, 3.8) is 0 Å². The molecule has 1 aromatic rings. The van der Waals surface area contributed by atoms with Crippen LogP contribution in [0.2, 0.25) is 0 Å². The topological polar surface area (TPSA) is 28.7 Å². The monoisotopic (exact) mass is 348 g/mol. The Morgan fingerprint density at radius 3 is 1.72 bits per heavy atom. The van der Waals surface area contributed by atoms with E-state index in [1.807, 2.05) is 0 Å². The molecule has 0 atom stereocenters. The number of aromatic nitrogens is 2. The number of nitrogens with zero attached hydrogens (tertiary/aromatic N) is 1. The summed E-state index contributed by atoms with van der Waals surface area (Å²) in [5.74, 6) is 1.20. The number of hydrogen-bond acceptors (Lipinski definition) is 1. The van der Waals surface area contributed by atoms with E-state index in [0.29, 0.717) is 0 Å². The van der Waals surface area contributed by atoms with Crippen molar-refractivity contribution in [2.24, 2.45) is 0 Å². The van der Waals surface area contributed by atoms with E-state index in [2.05, 4.69) is 67.3 Å². The van der Waals surface area contributed by atoms with Gasteiger partial charge in [0.1, 0.15) is 5.82 Å². The standard InChI is InChI=1S/C23H44N2/c1-10-15-16-17-21(6,7)20-24-18(22(8,11-2)12-3)19(25-20)23(9,13-4)14-5/h10-17H2,1-9H3,(H,24,25). The van der Waals surface area contributed by atoms with Crippen LogP contribution >= 0.6 is 0 Å². The van der Waals surface area contributed by atoms with E-state index in [0.717, 1.165) is 25.7 Å². The molecule has 0 saturated carbocycles. The Morgan fingerprint density at radius 1 is 0.760 bits per heavy atom. The molecular weight excluding hydrogens is 304 g/mol. The van der Waals surface area contributed by atoms with E-state index < -0.39 is 0 Å². The van der Waals surface area contributed by atoms with E-state index >= 15 is 0 Å². The maximum atomic E-state index is 5.28. The van der Waals surface area contributed by atoms with E-state index in [1.165, 1.54) is 42.9 Å². The molecule has 0 aliphatic carbocycles. The van der Waals surface area contributed by atoms with Gasteiger partial charge in [0.15, 0.2) is 0 Å². The van der Waals surface area contributed by atoms with E-state index in [4.69, 9.17) is 4.98 Å². The van der Waals surface area contributed by atoms with Crippen molar-refractivity contribution in [1.82, 2.24) is 9.97 Å². The molecular formula is C23H44N2. The normalized spacial score (nSPS) is 13.5. The predicted octanol–water partition coefficient (Wildman–Crippen LogP) is 7.42. The molecule has 1 N–H and O–H groups in total. The van der Waals surface area contributed by atoms with E-state index in [-0.39, 0.29) is 16.2 Å². The summed E-state index contributed by atoms with van der Waals surface area (Å²) in [4.78, 5) is 9.14. The van der Waals surface area contributed by atoms with Gasteiger partial charge >= 0.3 is 0 Å². The van der Waals surface area contributed by atoms with Crippen LogP contribution in [0.4, 0.5) is 0 Å². The lowest BCUT2D eigenvalue weighted by molar-refractivity contribution is 0.382. The Balaban J connectivity index is 3.43. The lowest BCUT2D eigenvalue weighted by Gasteiger charge is -2.32. The van der Waals surface area contributed by atoms with Crippen LogP contribution in [-0.2, 0) is 16.2 Å². The number of imidazole rings is 1. The fourth-order valence-corrected chi connectivity index (χ4v) is 3.69. The minimum Gasteiger partial charge on any atom is -0.345 e. The molecule has 0 aliphatic heterocycles. The predicted molar refractivity (Wildman–Crippen MR) is 112 cm³/mol. The van der Waals surface area contributed by atoms with Crippen LogP contribution in [0, 0.1) is 0 Å². The number of nitrogens with one attached hydrogen (secondary N) is 1. The first-order valence-corrected chi connectivity index (χ1v) is 10.8. The van der Waals surface area contributed by atoms with Crippen molar-refractivity contribution in [1.29, 1.82) is 0 Å². The Labute approximate surface area is 157 Å². The van der Waals surface area contributed by atoms with Crippen LogP contribution in [-0.4, -0.2) is 9.97 Å². The lowest BCUT2D eigenvalue weighted by Crippen LogP contribution is -2.29. The summed E-state index contributed by atoms with van der Waals surface area (Å²) in [7, 11) is 0. The van der Waals surface area contributed by atoms with Gasteiger partial charge in [0.2, 0.25) is 0 Å². The van der Waals surface area contributed by atoms with Crippen LogP contribution in [0.5, 0.6) is 0 Å². The Hall–Kier alpha value is -0.790. The Morgan fingerprint density at radius 2 is 1.28 bits per heavy atom. The number of aromatic amines is 1. The number of rotatable bonds is 11. The maximum absolute atomic E-state index is 5.28. The van der Waals surface area contributed by atoms with E-state index in [9.17, 15) is 0 Å². The summed E-state index contributed by atoms with van der Waals surface area (Å²) >= 11 is 0. The third-order valence-corrected chi connectivity index (χ3v) is 7.05. The maximum Gasteiger partial charge on any atom is 0.112 e. The smallest absolute Gasteiger partial charge is 0.112 e. The lowest BCUT2D eigenvalue weighted by atomic mass is 9.73. The quantitative estimate of drug-likeness (QED) is 0.414. The second kappa shape index (κ2) is 8.73. The average Bonchev–Trinajstić information content (AvgIpc) is 3.08. The fourth-order valence-electron chi connectivity index (χ4n) is 3.69. The van der Waals surface area contributed by atoms with Gasteiger partial charge in [-0.15, -0.1) is 0 Å². The van der Waals surface area contributed by atoms with Crippen molar-refractivity contribution < 1.29 is 0 Å². The molecule has 1 heterocycles. The van der Waals surface area contributed by atoms with Gasteiger partial charge in [-0.1, -0.05) is 81.6 Å². The summed E-state index contributed by atoms with van der Waals surface area (Å²) in [5, 5.41) is 0. The zero-order valence-electron chi connectivity index (χ0n) is 18.6. The van der Waals surface area contributed by atoms with E-state index in [1.54, 1.807) is 0 Å². The first-order chi connectivity index (χ1) is 11.6. The highest BCUT2D eigenvalue weighted by atomic mass is 15.0. The third kappa shape index (κ3) is 4.68. The summed E-state index contributed by atoms with van der Waals surface area (Å²) in [5.41, 5.74) is 3.21. The minimum absolute atomic E-state index is 0.118. The largest absolute Gasteiger partial charge is 0.345 e. The summed E-state index contributed by atoms with van der Waals surface area (Å²) in [6.45, 7) is 21.0. The molecule has 0 radical (unpaired) electrons. The zero-order valence-corrected chi connectivity index (χ0v) is 18.6. The molecule has 2 heteroatoms. The molecule has 0 amide bonds.